The third-order valence-electron chi connectivity index (χ3n) is 1.24. The highest BCUT2D eigenvalue weighted by atomic mass is 31.2. The Morgan fingerprint density at radius 3 is 2.23 bits per heavy atom. The van der Waals surface area contributed by atoms with Crippen LogP contribution in [0.1, 0.15) is 5.56 Å². The van der Waals surface area contributed by atoms with E-state index in [2.05, 4.69) is 4.52 Å². The third kappa shape index (κ3) is 5.52. The number of phosphoric acid groups is 1. The van der Waals surface area contributed by atoms with Crippen LogP contribution in [0, 0.1) is 0 Å². The molecule has 1 aromatic carbocycles. The molecule has 6 heteroatoms. The lowest BCUT2D eigenvalue weighted by atomic mass is 10.2. The Balaban J connectivity index is 0.00000144. The molecule has 74 valence electrons. The van der Waals surface area contributed by atoms with Gasteiger partial charge in [-0.05, 0) is 5.56 Å². The fourth-order valence-corrected chi connectivity index (χ4v) is 1.05. The first kappa shape index (κ1) is 12.3. The van der Waals surface area contributed by atoms with E-state index in [1.165, 1.54) is 0 Å². The molecule has 0 aliphatic rings. The second-order valence-corrected chi connectivity index (χ2v) is 3.49. The van der Waals surface area contributed by atoms with E-state index in [1.807, 2.05) is 6.07 Å². The minimum Gasteiger partial charge on any atom is -0.344 e. The van der Waals surface area contributed by atoms with Crippen molar-refractivity contribution in [3.63, 3.8) is 0 Å². The summed E-state index contributed by atoms with van der Waals surface area (Å²) in [6.45, 7) is -0.0644. The van der Waals surface area contributed by atoms with Gasteiger partial charge in [0.1, 0.15) is 0 Å². The quantitative estimate of drug-likeness (QED) is 0.648. The maximum atomic E-state index is 10.3. The van der Waals surface area contributed by atoms with Crippen LogP contribution in [0.4, 0.5) is 0 Å². The SMILES string of the molecule is N.O=P(O)(O)OCc1ccccc1. The Bertz CT molecular complexity index is 284. The van der Waals surface area contributed by atoms with Crippen molar-refractivity contribution in [2.24, 2.45) is 0 Å². The zero-order chi connectivity index (χ0) is 9.03. The van der Waals surface area contributed by atoms with E-state index in [4.69, 9.17) is 9.79 Å². The molecule has 5 nitrogen and oxygen atoms in total. The first-order valence-electron chi connectivity index (χ1n) is 3.32. The van der Waals surface area contributed by atoms with Crippen molar-refractivity contribution >= 4 is 7.82 Å². The van der Waals surface area contributed by atoms with Gasteiger partial charge in [-0.1, -0.05) is 30.3 Å². The van der Waals surface area contributed by atoms with Crippen molar-refractivity contribution in [2.45, 2.75) is 6.61 Å². The fourth-order valence-electron chi connectivity index (χ4n) is 0.733. The van der Waals surface area contributed by atoms with Crippen LogP contribution in [0.25, 0.3) is 0 Å². The Morgan fingerprint density at radius 1 is 1.23 bits per heavy atom. The first-order valence-corrected chi connectivity index (χ1v) is 4.85. The largest absolute Gasteiger partial charge is 0.469 e. The molecule has 0 aliphatic heterocycles. The van der Waals surface area contributed by atoms with Gasteiger partial charge in [-0.3, -0.25) is 4.52 Å². The molecule has 1 aromatic rings. The summed E-state index contributed by atoms with van der Waals surface area (Å²) in [5.41, 5.74) is 0.737. The van der Waals surface area contributed by atoms with Crippen LogP contribution in [-0.4, -0.2) is 9.79 Å². The molecule has 0 amide bonds. The molecule has 0 radical (unpaired) electrons. The summed E-state index contributed by atoms with van der Waals surface area (Å²) >= 11 is 0. The van der Waals surface area contributed by atoms with Gasteiger partial charge in [0.15, 0.2) is 0 Å². The summed E-state index contributed by atoms with van der Waals surface area (Å²) in [7, 11) is -4.33. The van der Waals surface area contributed by atoms with E-state index in [-0.39, 0.29) is 12.8 Å². The van der Waals surface area contributed by atoms with Gasteiger partial charge in [0.25, 0.3) is 0 Å². The lowest BCUT2D eigenvalue weighted by molar-refractivity contribution is 0.189. The number of benzene rings is 1. The number of phosphoric ester groups is 1. The van der Waals surface area contributed by atoms with Gasteiger partial charge in [-0.2, -0.15) is 0 Å². The Hall–Kier alpha value is -0.710. The van der Waals surface area contributed by atoms with Crippen LogP contribution in [-0.2, 0) is 15.7 Å². The van der Waals surface area contributed by atoms with Gasteiger partial charge >= 0.3 is 7.82 Å². The summed E-state index contributed by atoms with van der Waals surface area (Å²) in [4.78, 5) is 16.7. The van der Waals surface area contributed by atoms with Gasteiger partial charge in [-0.25, -0.2) is 4.57 Å². The molecule has 0 aromatic heterocycles. The van der Waals surface area contributed by atoms with E-state index in [0.29, 0.717) is 0 Å². The van der Waals surface area contributed by atoms with Crippen LogP contribution < -0.4 is 6.15 Å². The highest BCUT2D eigenvalue weighted by Crippen LogP contribution is 2.36. The lowest BCUT2D eigenvalue weighted by Gasteiger charge is -2.03. The predicted octanol–water partition coefficient (Wildman–Crippen LogP) is 1.46. The molecule has 1 rings (SSSR count). The molecule has 0 heterocycles. The van der Waals surface area contributed by atoms with Crippen LogP contribution in [0.2, 0.25) is 0 Å². The van der Waals surface area contributed by atoms with Crippen molar-refractivity contribution in [3.05, 3.63) is 35.9 Å². The first-order chi connectivity index (χ1) is 5.58. The molecule has 0 fully saturated rings. The molecule has 0 spiro atoms. The molecule has 5 N–H and O–H groups in total. The smallest absolute Gasteiger partial charge is 0.344 e. The van der Waals surface area contributed by atoms with Crippen molar-refractivity contribution < 1.29 is 18.9 Å². The van der Waals surface area contributed by atoms with Gasteiger partial charge in [0.2, 0.25) is 0 Å². The Kier molecular flexibility index (Phi) is 4.83. The highest BCUT2D eigenvalue weighted by molar-refractivity contribution is 7.46. The van der Waals surface area contributed by atoms with Crippen LogP contribution in [0.15, 0.2) is 30.3 Å². The van der Waals surface area contributed by atoms with Gasteiger partial charge in [0.05, 0.1) is 6.61 Å². The molecule has 0 saturated carbocycles. The summed E-state index contributed by atoms with van der Waals surface area (Å²) in [5.74, 6) is 0. The maximum Gasteiger partial charge on any atom is 0.469 e. The second-order valence-electron chi connectivity index (χ2n) is 2.25. The van der Waals surface area contributed by atoms with Gasteiger partial charge < -0.3 is 15.9 Å². The Labute approximate surface area is 76.2 Å². The Morgan fingerprint density at radius 2 is 1.77 bits per heavy atom. The van der Waals surface area contributed by atoms with Crippen molar-refractivity contribution in [1.82, 2.24) is 6.15 Å². The van der Waals surface area contributed by atoms with E-state index in [0.717, 1.165) is 5.56 Å². The average Bonchev–Trinajstić information content (AvgIpc) is 2.02. The van der Waals surface area contributed by atoms with E-state index >= 15 is 0 Å². The van der Waals surface area contributed by atoms with E-state index in [9.17, 15) is 4.57 Å². The topological polar surface area (TPSA) is 102 Å². The minimum absolute atomic E-state index is 0. The minimum atomic E-state index is -4.33. The molecular weight excluding hydrogens is 193 g/mol. The standard InChI is InChI=1S/C7H9O4P.H3N/c8-12(9,10)11-6-7-4-2-1-3-5-7;/h1-5H,6H2,(H2,8,9,10);1H3. The number of hydrogen-bond acceptors (Lipinski definition) is 3. The normalized spacial score (nSPS) is 10.6. The van der Waals surface area contributed by atoms with Crippen molar-refractivity contribution in [2.75, 3.05) is 0 Å². The molecule has 0 atom stereocenters. The number of hydrogen-bond donors (Lipinski definition) is 3. The third-order valence-corrected chi connectivity index (χ3v) is 1.71. The summed E-state index contributed by atoms with van der Waals surface area (Å²) in [6, 6.07) is 8.84. The molecule has 0 unspecified atom stereocenters. The van der Waals surface area contributed by atoms with Crippen LogP contribution in [0.3, 0.4) is 0 Å². The molecular formula is C7H12NO4P. The van der Waals surface area contributed by atoms with E-state index < -0.39 is 7.82 Å². The van der Waals surface area contributed by atoms with E-state index in [1.54, 1.807) is 24.3 Å². The zero-order valence-electron chi connectivity index (χ0n) is 6.96. The molecule has 0 bridgehead atoms. The van der Waals surface area contributed by atoms with Gasteiger partial charge in [0, 0.05) is 0 Å². The van der Waals surface area contributed by atoms with Crippen LogP contribution in [0.5, 0.6) is 0 Å². The monoisotopic (exact) mass is 205 g/mol. The molecule has 0 aliphatic carbocycles. The predicted molar refractivity (Wildman–Crippen MR) is 48.3 cm³/mol. The maximum absolute atomic E-state index is 10.3. The zero-order valence-corrected chi connectivity index (χ0v) is 7.85. The van der Waals surface area contributed by atoms with Gasteiger partial charge in [-0.15, -0.1) is 0 Å². The average molecular weight is 205 g/mol. The highest BCUT2D eigenvalue weighted by Gasteiger charge is 2.12. The fraction of sp³-hybridized carbons (Fsp3) is 0.143. The summed E-state index contributed by atoms with van der Waals surface area (Å²) in [5, 5.41) is 0. The molecule has 0 saturated heterocycles. The second kappa shape index (κ2) is 5.11. The molecule has 13 heavy (non-hydrogen) atoms. The van der Waals surface area contributed by atoms with Crippen molar-refractivity contribution in [3.8, 4) is 0 Å². The number of rotatable bonds is 3. The lowest BCUT2D eigenvalue weighted by Crippen LogP contribution is -1.89. The summed E-state index contributed by atoms with van der Waals surface area (Å²) in [6.07, 6.45) is 0. The summed E-state index contributed by atoms with van der Waals surface area (Å²) < 4.78 is 14.6. The van der Waals surface area contributed by atoms with Crippen molar-refractivity contribution in [1.29, 1.82) is 0 Å². The van der Waals surface area contributed by atoms with Crippen LogP contribution >= 0.6 is 7.82 Å².